The quantitative estimate of drug-likeness (QED) is 0.171. The molecule has 0 radical (unpaired) electrons. The fraction of sp³-hybridized carbons (Fsp3) is 0.906. The van der Waals surface area contributed by atoms with E-state index in [4.69, 9.17) is 4.74 Å². The lowest BCUT2D eigenvalue weighted by Crippen LogP contribution is -2.51. The van der Waals surface area contributed by atoms with E-state index in [1.807, 2.05) is 0 Å². The monoisotopic (exact) mass is 548 g/mol. The molecule has 3 heteroatoms. The maximum absolute atomic E-state index is 12.6. The highest BCUT2D eigenvalue weighted by molar-refractivity contribution is 9.10. The number of carbonyl (C=O) groups is 1. The number of halogens is 1. The summed E-state index contributed by atoms with van der Waals surface area (Å²) in [7, 11) is 0. The zero-order chi connectivity index (χ0) is 25.5. The Kier molecular flexibility index (Phi) is 8.57. The van der Waals surface area contributed by atoms with Gasteiger partial charge < -0.3 is 4.74 Å². The van der Waals surface area contributed by atoms with Crippen LogP contribution in [0.1, 0.15) is 119 Å². The normalized spacial score (nSPS) is 40.5. The van der Waals surface area contributed by atoms with E-state index in [1.165, 1.54) is 57.8 Å². The first kappa shape index (κ1) is 27.7. The lowest BCUT2D eigenvalue weighted by molar-refractivity contribution is -0.151. The zero-order valence-corrected chi connectivity index (χ0v) is 25.3. The van der Waals surface area contributed by atoms with Crippen LogP contribution in [0.2, 0.25) is 0 Å². The SMILES string of the molecule is CC(C)CCC[C@H](C)[C@H]1CC[C@H]2[C@@H]3CC=C4C[C@@H](OC(=O)[C@@H](Br)C(C)C)CC[C@]4(C)[C@H]3CC[C@]12C. The van der Waals surface area contributed by atoms with E-state index in [0.717, 1.165) is 48.3 Å². The Hall–Kier alpha value is -0.310. The van der Waals surface area contributed by atoms with Crippen molar-refractivity contribution in [2.75, 3.05) is 0 Å². The van der Waals surface area contributed by atoms with Crippen molar-refractivity contribution < 1.29 is 9.53 Å². The minimum Gasteiger partial charge on any atom is -0.461 e. The highest BCUT2D eigenvalue weighted by Gasteiger charge is 2.59. The largest absolute Gasteiger partial charge is 0.461 e. The summed E-state index contributed by atoms with van der Waals surface area (Å²) in [6, 6.07) is 0. The predicted octanol–water partition coefficient (Wildman–Crippen LogP) is 9.36. The average Bonchev–Trinajstić information content (AvgIpc) is 3.15. The molecular formula is C32H53BrO2. The Labute approximate surface area is 224 Å². The van der Waals surface area contributed by atoms with E-state index in [1.54, 1.807) is 5.57 Å². The van der Waals surface area contributed by atoms with Crippen LogP contribution in [0.4, 0.5) is 0 Å². The van der Waals surface area contributed by atoms with E-state index in [0.29, 0.717) is 10.8 Å². The third-order valence-electron chi connectivity index (χ3n) is 11.4. The van der Waals surface area contributed by atoms with Crippen molar-refractivity contribution in [1.29, 1.82) is 0 Å². The first-order valence-electron chi connectivity index (χ1n) is 15.0. The zero-order valence-electron chi connectivity index (χ0n) is 23.7. The summed E-state index contributed by atoms with van der Waals surface area (Å²) in [4.78, 5) is 12.4. The number of rotatable bonds is 8. The summed E-state index contributed by atoms with van der Waals surface area (Å²) >= 11 is 3.54. The molecule has 0 bridgehead atoms. The van der Waals surface area contributed by atoms with Crippen molar-refractivity contribution in [2.45, 2.75) is 130 Å². The van der Waals surface area contributed by atoms with Gasteiger partial charge in [0.25, 0.3) is 0 Å². The third kappa shape index (κ3) is 5.33. The third-order valence-corrected chi connectivity index (χ3v) is 12.8. The van der Waals surface area contributed by atoms with Crippen molar-refractivity contribution in [3.8, 4) is 0 Å². The molecule has 0 aromatic rings. The minimum atomic E-state index is -0.195. The maximum atomic E-state index is 12.6. The van der Waals surface area contributed by atoms with Gasteiger partial charge >= 0.3 is 5.97 Å². The number of allylic oxidation sites excluding steroid dienone is 1. The average molecular weight is 550 g/mol. The molecule has 0 amide bonds. The summed E-state index contributed by atoms with van der Waals surface area (Å²) in [6.07, 6.45) is 17.1. The van der Waals surface area contributed by atoms with Gasteiger partial charge in [0.05, 0.1) is 0 Å². The Balaban J connectivity index is 1.43. The van der Waals surface area contributed by atoms with Gasteiger partial charge in [-0.2, -0.15) is 0 Å². The highest BCUT2D eigenvalue weighted by Crippen LogP contribution is 2.67. The fourth-order valence-electron chi connectivity index (χ4n) is 9.25. The first-order chi connectivity index (χ1) is 16.5. The number of hydrogen-bond acceptors (Lipinski definition) is 2. The van der Waals surface area contributed by atoms with E-state index >= 15 is 0 Å². The van der Waals surface area contributed by atoms with Crippen LogP contribution in [0.5, 0.6) is 0 Å². The topological polar surface area (TPSA) is 26.3 Å². The van der Waals surface area contributed by atoms with Gasteiger partial charge in [-0.3, -0.25) is 4.79 Å². The molecule has 0 aromatic carbocycles. The van der Waals surface area contributed by atoms with Crippen LogP contribution in [-0.2, 0) is 9.53 Å². The van der Waals surface area contributed by atoms with E-state index in [9.17, 15) is 4.79 Å². The van der Waals surface area contributed by atoms with Crippen LogP contribution in [0.3, 0.4) is 0 Å². The van der Waals surface area contributed by atoms with Crippen LogP contribution in [0.25, 0.3) is 0 Å². The number of carbonyl (C=O) groups excluding carboxylic acids is 1. The molecule has 9 atom stereocenters. The Morgan fingerprint density at radius 3 is 2.46 bits per heavy atom. The number of alkyl halides is 1. The minimum absolute atomic E-state index is 0.0635. The molecule has 0 unspecified atom stereocenters. The lowest BCUT2D eigenvalue weighted by Gasteiger charge is -2.58. The number of hydrogen-bond donors (Lipinski definition) is 0. The molecule has 3 fully saturated rings. The van der Waals surface area contributed by atoms with Crippen LogP contribution in [-0.4, -0.2) is 16.9 Å². The molecule has 0 aromatic heterocycles. The smallest absolute Gasteiger partial charge is 0.320 e. The highest BCUT2D eigenvalue weighted by atomic mass is 79.9. The van der Waals surface area contributed by atoms with Crippen LogP contribution in [0, 0.1) is 52.3 Å². The molecule has 0 heterocycles. The van der Waals surface area contributed by atoms with Gasteiger partial charge in [0.1, 0.15) is 10.9 Å². The van der Waals surface area contributed by atoms with Gasteiger partial charge in [-0.05, 0) is 97.2 Å². The van der Waals surface area contributed by atoms with Crippen molar-refractivity contribution in [3.63, 3.8) is 0 Å². The number of ether oxygens (including phenoxy) is 1. The molecule has 0 spiro atoms. The molecule has 4 aliphatic carbocycles. The van der Waals surface area contributed by atoms with Gasteiger partial charge in [-0.25, -0.2) is 0 Å². The summed E-state index contributed by atoms with van der Waals surface area (Å²) in [5, 5.41) is 0. The van der Waals surface area contributed by atoms with E-state index in [-0.39, 0.29) is 22.8 Å². The molecule has 3 saturated carbocycles. The summed E-state index contributed by atoms with van der Waals surface area (Å²) < 4.78 is 5.99. The lowest BCUT2D eigenvalue weighted by atomic mass is 9.47. The van der Waals surface area contributed by atoms with Gasteiger partial charge in [-0.15, -0.1) is 0 Å². The fourth-order valence-corrected chi connectivity index (χ4v) is 9.36. The molecule has 35 heavy (non-hydrogen) atoms. The standard InChI is InChI=1S/C32H53BrO2/c1-20(2)9-8-10-22(5)26-13-14-27-25-12-11-23-19-24(35-30(34)29(33)21(3)4)15-17-31(23,6)28(25)16-18-32(26,27)7/h11,20-22,24-29H,8-10,12-19H2,1-7H3/t22-,24-,25-,26+,27-,28-,29-,31-,32+/m0/s1. The summed E-state index contributed by atoms with van der Waals surface area (Å²) in [5.41, 5.74) is 2.48. The molecule has 4 rings (SSSR count). The summed E-state index contributed by atoms with van der Waals surface area (Å²) in [5.74, 6) is 5.42. The Morgan fingerprint density at radius 1 is 1.03 bits per heavy atom. The van der Waals surface area contributed by atoms with Gasteiger partial charge in [0, 0.05) is 6.42 Å². The molecule has 0 N–H and O–H groups in total. The van der Waals surface area contributed by atoms with E-state index < -0.39 is 0 Å². The number of fused-ring (bicyclic) bond motifs is 5. The van der Waals surface area contributed by atoms with Crippen molar-refractivity contribution in [2.24, 2.45) is 52.3 Å². The van der Waals surface area contributed by atoms with Gasteiger partial charge in [-0.1, -0.05) is 95.3 Å². The van der Waals surface area contributed by atoms with Gasteiger partial charge in [0.2, 0.25) is 0 Å². The molecule has 200 valence electrons. The second-order valence-corrected chi connectivity index (χ2v) is 15.2. The molecule has 4 aliphatic rings. The molecule has 0 saturated heterocycles. The second kappa shape index (κ2) is 10.8. The Morgan fingerprint density at radius 2 is 1.77 bits per heavy atom. The van der Waals surface area contributed by atoms with E-state index in [2.05, 4.69) is 70.5 Å². The maximum Gasteiger partial charge on any atom is 0.320 e. The predicted molar refractivity (Wildman–Crippen MR) is 150 cm³/mol. The van der Waals surface area contributed by atoms with Crippen LogP contribution >= 0.6 is 15.9 Å². The Bertz CT molecular complexity index is 786. The molecular weight excluding hydrogens is 496 g/mol. The van der Waals surface area contributed by atoms with Crippen molar-refractivity contribution >= 4 is 21.9 Å². The molecule has 0 aliphatic heterocycles. The van der Waals surface area contributed by atoms with Crippen LogP contribution < -0.4 is 0 Å². The first-order valence-corrected chi connectivity index (χ1v) is 15.9. The molecule has 2 nitrogen and oxygen atoms in total. The van der Waals surface area contributed by atoms with Crippen LogP contribution in [0.15, 0.2) is 11.6 Å². The second-order valence-electron chi connectivity index (χ2n) is 14.2. The number of esters is 1. The summed E-state index contributed by atoms with van der Waals surface area (Å²) in [6.45, 7) is 16.7. The van der Waals surface area contributed by atoms with Crippen molar-refractivity contribution in [1.82, 2.24) is 0 Å². The van der Waals surface area contributed by atoms with Gasteiger partial charge in [0.15, 0.2) is 0 Å². The van der Waals surface area contributed by atoms with Crippen molar-refractivity contribution in [3.05, 3.63) is 11.6 Å².